The molecule has 3 rings (SSSR count). The molecule has 0 N–H and O–H groups in total. The molecule has 0 unspecified atom stereocenters. The zero-order valence-corrected chi connectivity index (χ0v) is 14.6. The topological polar surface area (TPSA) is 52.3 Å². The lowest BCUT2D eigenvalue weighted by Gasteiger charge is -2.05. The van der Waals surface area contributed by atoms with Crippen LogP contribution in [-0.2, 0) is 11.3 Å². The zero-order valence-electron chi connectivity index (χ0n) is 13.1. The first kappa shape index (κ1) is 17.3. The first-order chi connectivity index (χ1) is 12.0. The largest absolute Gasteiger partial charge is 0.455 e. The van der Waals surface area contributed by atoms with E-state index < -0.39 is 11.8 Å². The minimum atomic E-state index is -0.801. The first-order valence-electron chi connectivity index (χ1n) is 7.29. The third kappa shape index (κ3) is 3.76. The molecule has 0 bridgehead atoms. The van der Waals surface area contributed by atoms with E-state index in [-0.39, 0.29) is 18.0 Å². The lowest BCUT2D eigenvalue weighted by Crippen LogP contribution is -2.08. The Hall–Kier alpha value is -2.54. The van der Waals surface area contributed by atoms with Crippen molar-refractivity contribution in [3.63, 3.8) is 0 Å². The summed E-state index contributed by atoms with van der Waals surface area (Å²) in [6.45, 7) is 1.58. The van der Waals surface area contributed by atoms with Gasteiger partial charge in [-0.05, 0) is 49.4 Å². The van der Waals surface area contributed by atoms with Gasteiger partial charge in [-0.2, -0.15) is 0 Å². The summed E-state index contributed by atoms with van der Waals surface area (Å²) >= 11 is 3.18. The predicted molar refractivity (Wildman–Crippen MR) is 89.9 cm³/mol. The highest BCUT2D eigenvalue weighted by Crippen LogP contribution is 2.26. The quantitative estimate of drug-likeness (QED) is 0.568. The molecule has 4 nitrogen and oxygen atoms in total. The van der Waals surface area contributed by atoms with Crippen LogP contribution in [0, 0.1) is 18.6 Å². The highest BCUT2D eigenvalue weighted by molar-refractivity contribution is 9.10. The Morgan fingerprint density at radius 2 is 1.92 bits per heavy atom. The normalized spacial score (nSPS) is 10.7. The number of hydrogen-bond donors (Lipinski definition) is 0. The van der Waals surface area contributed by atoms with Crippen molar-refractivity contribution >= 4 is 21.9 Å². The number of nitrogens with zero attached hydrogens (tertiary/aromatic N) is 1. The summed E-state index contributed by atoms with van der Waals surface area (Å²) in [6.07, 6.45) is 0. The second-order valence-electron chi connectivity index (χ2n) is 5.29. The standard InChI is InChI=1S/C18H12BrF2NO3/c1-10-16(22-25-17(10)11-2-5-13(20)6-3-11)9-24-18(23)14-8-12(19)4-7-15(14)21/h2-8H,9H2,1H3. The third-order valence-corrected chi connectivity index (χ3v) is 4.11. The fourth-order valence-corrected chi connectivity index (χ4v) is 2.60. The summed E-state index contributed by atoms with van der Waals surface area (Å²) in [7, 11) is 0. The van der Waals surface area contributed by atoms with Crippen molar-refractivity contribution in [1.82, 2.24) is 5.16 Å². The van der Waals surface area contributed by atoms with Gasteiger partial charge < -0.3 is 9.26 Å². The fraction of sp³-hybridized carbons (Fsp3) is 0.111. The minimum absolute atomic E-state index is 0.165. The second-order valence-corrected chi connectivity index (χ2v) is 6.21. The van der Waals surface area contributed by atoms with Gasteiger partial charge in [0.15, 0.2) is 5.76 Å². The first-order valence-corrected chi connectivity index (χ1v) is 8.08. The Kier molecular flexibility index (Phi) is 4.94. The average Bonchev–Trinajstić information content (AvgIpc) is 2.96. The van der Waals surface area contributed by atoms with E-state index in [1.54, 1.807) is 19.1 Å². The molecule has 0 aliphatic rings. The van der Waals surface area contributed by atoms with Crippen LogP contribution in [0.2, 0.25) is 0 Å². The van der Waals surface area contributed by atoms with Crippen LogP contribution >= 0.6 is 15.9 Å². The van der Waals surface area contributed by atoms with Gasteiger partial charge in [0.05, 0.1) is 5.56 Å². The van der Waals surface area contributed by atoms with Crippen LogP contribution in [0.4, 0.5) is 8.78 Å². The Bertz CT molecular complexity index is 923. The van der Waals surface area contributed by atoms with Crippen molar-refractivity contribution in [3.05, 3.63) is 75.4 Å². The maximum atomic E-state index is 13.7. The number of benzene rings is 2. The van der Waals surface area contributed by atoms with Crippen LogP contribution in [0.5, 0.6) is 0 Å². The van der Waals surface area contributed by atoms with Gasteiger partial charge in [0.2, 0.25) is 0 Å². The molecule has 0 radical (unpaired) electrons. The van der Waals surface area contributed by atoms with Gasteiger partial charge in [0.1, 0.15) is 23.9 Å². The second kappa shape index (κ2) is 7.14. The molecule has 2 aromatic carbocycles. The van der Waals surface area contributed by atoms with Gasteiger partial charge in [-0.3, -0.25) is 0 Å². The van der Waals surface area contributed by atoms with Gasteiger partial charge in [-0.1, -0.05) is 21.1 Å². The van der Waals surface area contributed by atoms with Gasteiger partial charge in [0.25, 0.3) is 0 Å². The molecule has 0 aliphatic carbocycles. The van der Waals surface area contributed by atoms with Crippen molar-refractivity contribution < 1.29 is 22.8 Å². The van der Waals surface area contributed by atoms with Gasteiger partial charge in [-0.25, -0.2) is 13.6 Å². The van der Waals surface area contributed by atoms with Crippen LogP contribution in [0.15, 0.2) is 51.5 Å². The van der Waals surface area contributed by atoms with Gasteiger partial charge in [0, 0.05) is 15.6 Å². The summed E-state index contributed by atoms with van der Waals surface area (Å²) in [5.74, 6) is -1.37. The van der Waals surface area contributed by atoms with E-state index in [9.17, 15) is 13.6 Å². The zero-order chi connectivity index (χ0) is 18.0. The number of halogens is 3. The van der Waals surface area contributed by atoms with Crippen molar-refractivity contribution in [1.29, 1.82) is 0 Å². The molecule has 0 fully saturated rings. The summed E-state index contributed by atoms with van der Waals surface area (Å²) in [5.41, 5.74) is 1.55. The third-order valence-electron chi connectivity index (χ3n) is 3.62. The molecule has 0 spiro atoms. The Labute approximate surface area is 150 Å². The molecule has 1 aromatic heterocycles. The number of rotatable bonds is 4. The molecule has 25 heavy (non-hydrogen) atoms. The van der Waals surface area contributed by atoms with E-state index in [1.807, 2.05) is 0 Å². The molecule has 0 atom stereocenters. The molecular weight excluding hydrogens is 396 g/mol. The van der Waals surface area contributed by atoms with Crippen LogP contribution < -0.4 is 0 Å². The van der Waals surface area contributed by atoms with Crippen molar-refractivity contribution in [2.24, 2.45) is 0 Å². The van der Waals surface area contributed by atoms with E-state index in [0.29, 0.717) is 27.1 Å². The minimum Gasteiger partial charge on any atom is -0.455 e. The molecular formula is C18H12BrF2NO3. The molecule has 1 heterocycles. The predicted octanol–water partition coefficient (Wildman–Crippen LogP) is 5.05. The fourth-order valence-electron chi connectivity index (χ4n) is 2.24. The number of hydrogen-bond acceptors (Lipinski definition) is 4. The van der Waals surface area contributed by atoms with Crippen molar-refractivity contribution in [2.45, 2.75) is 13.5 Å². The summed E-state index contributed by atoms with van der Waals surface area (Å²) < 4.78 is 37.6. The number of aromatic nitrogens is 1. The van der Waals surface area contributed by atoms with Crippen LogP contribution in [0.1, 0.15) is 21.6 Å². The summed E-state index contributed by atoms with van der Waals surface area (Å²) in [4.78, 5) is 12.0. The van der Waals surface area contributed by atoms with E-state index in [0.717, 1.165) is 0 Å². The van der Waals surface area contributed by atoms with E-state index in [4.69, 9.17) is 9.26 Å². The smallest absolute Gasteiger partial charge is 0.341 e. The van der Waals surface area contributed by atoms with Crippen LogP contribution in [0.25, 0.3) is 11.3 Å². The van der Waals surface area contributed by atoms with Crippen LogP contribution in [0.3, 0.4) is 0 Å². The average molecular weight is 408 g/mol. The number of esters is 1. The van der Waals surface area contributed by atoms with E-state index >= 15 is 0 Å². The summed E-state index contributed by atoms with van der Waals surface area (Å²) in [6, 6.07) is 9.76. The molecule has 7 heteroatoms. The number of carbonyl (C=O) groups is 1. The Morgan fingerprint density at radius 1 is 1.20 bits per heavy atom. The Morgan fingerprint density at radius 3 is 2.64 bits per heavy atom. The molecule has 128 valence electrons. The van der Waals surface area contributed by atoms with Crippen LogP contribution in [-0.4, -0.2) is 11.1 Å². The SMILES string of the molecule is Cc1c(COC(=O)c2cc(Br)ccc2F)noc1-c1ccc(F)cc1. The highest BCUT2D eigenvalue weighted by Gasteiger charge is 2.18. The maximum absolute atomic E-state index is 13.7. The molecule has 3 aromatic rings. The van der Waals surface area contributed by atoms with E-state index in [1.165, 1.54) is 30.3 Å². The highest BCUT2D eigenvalue weighted by atomic mass is 79.9. The van der Waals surface area contributed by atoms with E-state index in [2.05, 4.69) is 21.1 Å². The lowest BCUT2D eigenvalue weighted by atomic mass is 10.1. The molecule has 0 saturated heterocycles. The van der Waals surface area contributed by atoms with Gasteiger partial charge >= 0.3 is 5.97 Å². The van der Waals surface area contributed by atoms with Crippen molar-refractivity contribution in [3.8, 4) is 11.3 Å². The molecule has 0 aliphatic heterocycles. The maximum Gasteiger partial charge on any atom is 0.341 e. The lowest BCUT2D eigenvalue weighted by molar-refractivity contribution is 0.0458. The molecule has 0 saturated carbocycles. The summed E-state index contributed by atoms with van der Waals surface area (Å²) in [5, 5.41) is 3.87. The number of ether oxygens (including phenoxy) is 1. The Balaban J connectivity index is 1.75. The van der Waals surface area contributed by atoms with Crippen molar-refractivity contribution in [2.75, 3.05) is 0 Å². The monoisotopic (exact) mass is 407 g/mol. The molecule has 0 amide bonds. The number of carbonyl (C=O) groups excluding carboxylic acids is 1. The van der Waals surface area contributed by atoms with Gasteiger partial charge in [-0.15, -0.1) is 0 Å².